The summed E-state index contributed by atoms with van der Waals surface area (Å²) in [4.78, 5) is 10.1. The van der Waals surface area contributed by atoms with E-state index in [0.717, 1.165) is 29.8 Å². The maximum absolute atomic E-state index is 12.5. The number of aliphatic imine (C=N–C) groups is 1. The zero-order valence-corrected chi connectivity index (χ0v) is 17.5. The first-order valence-electron chi connectivity index (χ1n) is 8.07. The number of aromatic nitrogens is 1. The van der Waals surface area contributed by atoms with E-state index < -0.39 is 11.9 Å². The minimum absolute atomic E-state index is 0. The van der Waals surface area contributed by atoms with Gasteiger partial charge >= 0.3 is 6.18 Å². The molecule has 0 aromatic carbocycles. The summed E-state index contributed by atoms with van der Waals surface area (Å²) in [7, 11) is 1.64. The lowest BCUT2D eigenvalue weighted by Gasteiger charge is -2.21. The Balaban J connectivity index is 0.00000312. The van der Waals surface area contributed by atoms with Crippen molar-refractivity contribution in [3.8, 4) is 0 Å². The van der Waals surface area contributed by atoms with E-state index in [9.17, 15) is 13.2 Å². The van der Waals surface area contributed by atoms with Gasteiger partial charge in [0.25, 0.3) is 0 Å². The number of rotatable bonds is 6. The minimum atomic E-state index is -4.39. The summed E-state index contributed by atoms with van der Waals surface area (Å²) in [6.07, 6.45) is -1.84. The summed E-state index contributed by atoms with van der Waals surface area (Å²) in [5, 5.41) is 7.64. The molecule has 0 spiro atoms. The number of hydrogen-bond donors (Lipinski definition) is 2. The van der Waals surface area contributed by atoms with Crippen molar-refractivity contribution in [3.63, 3.8) is 0 Å². The molecule has 10 heteroatoms. The van der Waals surface area contributed by atoms with E-state index in [-0.39, 0.29) is 30.5 Å². The van der Waals surface area contributed by atoms with Gasteiger partial charge in [-0.25, -0.2) is 4.98 Å². The van der Waals surface area contributed by atoms with Gasteiger partial charge in [-0.05, 0) is 31.8 Å². The molecule has 0 radical (unpaired) electrons. The fourth-order valence-electron chi connectivity index (χ4n) is 2.64. The molecule has 1 aromatic rings. The van der Waals surface area contributed by atoms with Gasteiger partial charge in [0, 0.05) is 25.5 Å². The van der Waals surface area contributed by atoms with Crippen LogP contribution in [0, 0.1) is 5.92 Å². The third-order valence-electron chi connectivity index (χ3n) is 3.86. The Morgan fingerprint density at radius 2 is 2.04 bits per heavy atom. The first-order chi connectivity index (χ1) is 11.4. The zero-order chi connectivity index (χ0) is 17.6. The van der Waals surface area contributed by atoms with E-state index in [4.69, 9.17) is 0 Å². The van der Waals surface area contributed by atoms with Crippen LogP contribution in [0.25, 0.3) is 0 Å². The number of nitrogens with one attached hydrogen (secondary N) is 2. The Hall–Kier alpha value is -0.620. The lowest BCUT2D eigenvalue weighted by Crippen LogP contribution is -2.41. The van der Waals surface area contributed by atoms with E-state index in [0.29, 0.717) is 16.9 Å². The molecule has 1 fully saturated rings. The predicted octanol–water partition coefficient (Wildman–Crippen LogP) is 3.18. The Kier molecular flexibility index (Phi) is 9.43. The van der Waals surface area contributed by atoms with Crippen LogP contribution in [0.5, 0.6) is 0 Å². The molecule has 1 saturated heterocycles. The summed E-state index contributed by atoms with van der Waals surface area (Å²) < 4.78 is 37.6. The molecule has 1 aliphatic heterocycles. The van der Waals surface area contributed by atoms with Gasteiger partial charge in [-0.3, -0.25) is 4.99 Å². The van der Waals surface area contributed by atoms with Gasteiger partial charge in [0.15, 0.2) is 11.7 Å². The molecule has 1 atom stereocenters. The highest BCUT2D eigenvalue weighted by molar-refractivity contribution is 14.0. The summed E-state index contributed by atoms with van der Waals surface area (Å²) in [6, 6.07) is 0. The second kappa shape index (κ2) is 10.5. The van der Waals surface area contributed by atoms with Crippen LogP contribution in [0.4, 0.5) is 13.2 Å². The molecule has 0 bridgehead atoms. The fraction of sp³-hybridized carbons (Fsp3) is 0.733. The molecule has 25 heavy (non-hydrogen) atoms. The maximum Gasteiger partial charge on any atom is 0.434 e. The molecule has 2 rings (SSSR count). The molecule has 2 N–H and O–H groups in total. The first kappa shape index (κ1) is 22.4. The second-order valence-corrected chi connectivity index (χ2v) is 6.99. The van der Waals surface area contributed by atoms with Crippen LogP contribution in [0.15, 0.2) is 10.4 Å². The average molecular weight is 491 g/mol. The van der Waals surface area contributed by atoms with Gasteiger partial charge in [0.2, 0.25) is 0 Å². The second-order valence-electron chi connectivity index (χ2n) is 6.04. The molecular formula is C15H25F3IN5S. The minimum Gasteiger partial charge on any atom is -0.356 e. The van der Waals surface area contributed by atoms with Gasteiger partial charge in [-0.1, -0.05) is 6.92 Å². The fourth-order valence-corrected chi connectivity index (χ4v) is 3.38. The highest BCUT2D eigenvalue weighted by Crippen LogP contribution is 2.29. The van der Waals surface area contributed by atoms with Crippen LogP contribution in [0.3, 0.4) is 0 Å². The molecule has 1 aromatic heterocycles. The summed E-state index contributed by atoms with van der Waals surface area (Å²) in [5.41, 5.74) is -0.841. The van der Waals surface area contributed by atoms with E-state index in [1.54, 1.807) is 7.05 Å². The monoisotopic (exact) mass is 491 g/mol. The molecule has 2 heterocycles. The van der Waals surface area contributed by atoms with Crippen LogP contribution in [0.2, 0.25) is 0 Å². The Bertz CT molecular complexity index is 544. The topological polar surface area (TPSA) is 52.6 Å². The Labute approximate surface area is 167 Å². The van der Waals surface area contributed by atoms with Crippen molar-refractivity contribution in [2.45, 2.75) is 32.5 Å². The number of guanidine groups is 1. The first-order valence-corrected chi connectivity index (χ1v) is 8.95. The van der Waals surface area contributed by atoms with E-state index >= 15 is 0 Å². The van der Waals surface area contributed by atoms with Crippen molar-refractivity contribution in [2.24, 2.45) is 10.9 Å². The molecule has 1 unspecified atom stereocenters. The number of alkyl halides is 3. The molecule has 144 valence electrons. The average Bonchev–Trinajstić information content (AvgIpc) is 3.18. The van der Waals surface area contributed by atoms with Crippen molar-refractivity contribution < 1.29 is 13.2 Å². The molecular weight excluding hydrogens is 466 g/mol. The lowest BCUT2D eigenvalue weighted by atomic mass is 10.1. The maximum atomic E-state index is 12.5. The predicted molar refractivity (Wildman–Crippen MR) is 106 cm³/mol. The lowest BCUT2D eigenvalue weighted by molar-refractivity contribution is -0.140. The van der Waals surface area contributed by atoms with E-state index in [1.165, 1.54) is 25.9 Å². The molecule has 1 aliphatic rings. The SMILES string of the molecule is CN=C(NCc1nc(C(F)(F)F)cs1)NCC(C)CN1CCCC1.I. The van der Waals surface area contributed by atoms with Crippen molar-refractivity contribution in [1.82, 2.24) is 20.5 Å². The number of thiazole rings is 1. The molecule has 0 saturated carbocycles. The smallest absolute Gasteiger partial charge is 0.356 e. The number of nitrogens with zero attached hydrogens (tertiary/aromatic N) is 3. The van der Waals surface area contributed by atoms with Gasteiger partial charge in [0.1, 0.15) is 5.01 Å². The highest BCUT2D eigenvalue weighted by atomic mass is 127. The standard InChI is InChI=1S/C15H24F3N5S.HI/c1-11(9-23-5-3-4-6-23)7-20-14(19-2)21-8-13-22-12(10-24-13)15(16,17)18;/h10-11H,3-9H2,1-2H3,(H2,19,20,21);1H. The molecule has 0 aliphatic carbocycles. The highest BCUT2D eigenvalue weighted by Gasteiger charge is 2.33. The normalized spacial score (nSPS) is 17.2. The van der Waals surface area contributed by atoms with Gasteiger partial charge in [-0.15, -0.1) is 35.3 Å². The van der Waals surface area contributed by atoms with E-state index in [2.05, 4.69) is 32.4 Å². The molecule has 5 nitrogen and oxygen atoms in total. The largest absolute Gasteiger partial charge is 0.434 e. The zero-order valence-electron chi connectivity index (χ0n) is 14.4. The summed E-state index contributed by atoms with van der Waals surface area (Å²) in [6.45, 7) is 6.55. The van der Waals surface area contributed by atoms with Crippen molar-refractivity contribution >= 4 is 41.3 Å². The van der Waals surface area contributed by atoms with Crippen LogP contribution in [-0.4, -0.2) is 49.1 Å². The summed E-state index contributed by atoms with van der Waals surface area (Å²) >= 11 is 0.992. The Morgan fingerprint density at radius 3 is 2.60 bits per heavy atom. The van der Waals surface area contributed by atoms with Crippen LogP contribution in [-0.2, 0) is 12.7 Å². The quantitative estimate of drug-likeness (QED) is 0.365. The van der Waals surface area contributed by atoms with Gasteiger partial charge in [0.05, 0.1) is 6.54 Å². The summed E-state index contributed by atoms with van der Waals surface area (Å²) in [5.74, 6) is 1.05. The number of hydrogen-bond acceptors (Lipinski definition) is 4. The van der Waals surface area contributed by atoms with E-state index in [1.807, 2.05) is 0 Å². The number of likely N-dealkylation sites (tertiary alicyclic amines) is 1. The van der Waals surface area contributed by atoms with Gasteiger partial charge < -0.3 is 15.5 Å². The van der Waals surface area contributed by atoms with Gasteiger partial charge in [-0.2, -0.15) is 13.2 Å². The van der Waals surface area contributed by atoms with Crippen molar-refractivity contribution in [3.05, 3.63) is 16.1 Å². The van der Waals surface area contributed by atoms with Crippen LogP contribution < -0.4 is 10.6 Å². The van der Waals surface area contributed by atoms with Crippen LogP contribution >= 0.6 is 35.3 Å². The number of halogens is 4. The molecule has 0 amide bonds. The van der Waals surface area contributed by atoms with Crippen molar-refractivity contribution in [1.29, 1.82) is 0 Å². The van der Waals surface area contributed by atoms with Crippen LogP contribution in [0.1, 0.15) is 30.5 Å². The third kappa shape index (κ3) is 7.65. The Morgan fingerprint density at radius 1 is 1.36 bits per heavy atom. The van der Waals surface area contributed by atoms with Crippen molar-refractivity contribution in [2.75, 3.05) is 33.2 Å². The third-order valence-corrected chi connectivity index (χ3v) is 4.71.